The maximum absolute atomic E-state index is 11.7. The number of benzene rings is 2. The second-order valence-electron chi connectivity index (χ2n) is 5.08. The van der Waals surface area contributed by atoms with Gasteiger partial charge in [-0.25, -0.2) is 0 Å². The van der Waals surface area contributed by atoms with Gasteiger partial charge in [-0.1, -0.05) is 22.0 Å². The van der Waals surface area contributed by atoms with E-state index in [0.29, 0.717) is 11.3 Å². The Kier molecular flexibility index (Phi) is 3.62. The Bertz CT molecular complexity index is 677. The normalized spacial score (nSPS) is 13.1. The first-order chi connectivity index (χ1) is 9.63. The maximum atomic E-state index is 11.7. The topological polar surface area (TPSA) is 26.3 Å². The molecular formula is C17H15BrO2. The number of halogens is 1. The molecule has 0 aromatic heterocycles. The lowest BCUT2D eigenvalue weighted by Gasteiger charge is -2.11. The lowest BCUT2D eigenvalue weighted by molar-refractivity contribution is 0.101. The number of fused-ring (bicyclic) bond motifs is 1. The number of ether oxygens (including phenoxy) is 1. The number of ketones is 1. The van der Waals surface area contributed by atoms with Gasteiger partial charge in [0.15, 0.2) is 5.78 Å². The summed E-state index contributed by atoms with van der Waals surface area (Å²) in [5.74, 6) is 1.41. The highest BCUT2D eigenvalue weighted by Gasteiger charge is 2.14. The molecule has 3 rings (SSSR count). The van der Waals surface area contributed by atoms with Crippen molar-refractivity contribution in [3.63, 3.8) is 0 Å². The molecular weight excluding hydrogens is 316 g/mol. The second kappa shape index (κ2) is 5.41. The van der Waals surface area contributed by atoms with Gasteiger partial charge in [-0.15, -0.1) is 0 Å². The average Bonchev–Trinajstić information content (AvgIpc) is 2.88. The summed E-state index contributed by atoms with van der Waals surface area (Å²) >= 11 is 3.38. The molecule has 102 valence electrons. The summed E-state index contributed by atoms with van der Waals surface area (Å²) in [6.45, 7) is 1.55. The summed E-state index contributed by atoms with van der Waals surface area (Å²) in [6.07, 6.45) is 3.49. The van der Waals surface area contributed by atoms with Crippen molar-refractivity contribution in [2.75, 3.05) is 0 Å². The van der Waals surface area contributed by atoms with Gasteiger partial charge in [-0.2, -0.15) is 0 Å². The van der Waals surface area contributed by atoms with Gasteiger partial charge >= 0.3 is 0 Å². The van der Waals surface area contributed by atoms with E-state index in [1.807, 2.05) is 18.2 Å². The predicted octanol–water partition coefficient (Wildman–Crippen LogP) is 4.93. The summed E-state index contributed by atoms with van der Waals surface area (Å²) in [5.41, 5.74) is 3.38. The van der Waals surface area contributed by atoms with Crippen molar-refractivity contribution < 1.29 is 9.53 Å². The van der Waals surface area contributed by atoms with E-state index >= 15 is 0 Å². The third-order valence-electron chi connectivity index (χ3n) is 3.62. The number of carbonyl (C=O) groups excluding carboxylic acids is 1. The standard InChI is InChI=1S/C17H15BrO2/c1-11(19)16-10-14(18)6-8-17(16)20-15-7-5-12-3-2-4-13(12)9-15/h5-10H,2-4H2,1H3. The van der Waals surface area contributed by atoms with Crippen LogP contribution in [0.2, 0.25) is 0 Å². The SMILES string of the molecule is CC(=O)c1cc(Br)ccc1Oc1ccc2c(c1)CCC2. The summed E-state index contributed by atoms with van der Waals surface area (Å²) in [6, 6.07) is 11.7. The fraction of sp³-hybridized carbons (Fsp3) is 0.235. The maximum Gasteiger partial charge on any atom is 0.163 e. The summed E-state index contributed by atoms with van der Waals surface area (Å²) in [4.78, 5) is 11.7. The third kappa shape index (κ3) is 2.63. The minimum Gasteiger partial charge on any atom is -0.457 e. The van der Waals surface area contributed by atoms with Gasteiger partial charge in [0.1, 0.15) is 11.5 Å². The van der Waals surface area contributed by atoms with Crippen LogP contribution in [0.15, 0.2) is 40.9 Å². The van der Waals surface area contributed by atoms with Crippen LogP contribution in [0.1, 0.15) is 34.8 Å². The van der Waals surface area contributed by atoms with Gasteiger partial charge in [0.2, 0.25) is 0 Å². The van der Waals surface area contributed by atoms with E-state index in [1.165, 1.54) is 17.5 Å². The van der Waals surface area contributed by atoms with Crippen molar-refractivity contribution in [3.8, 4) is 11.5 Å². The van der Waals surface area contributed by atoms with Gasteiger partial charge in [0.25, 0.3) is 0 Å². The molecule has 0 heterocycles. The van der Waals surface area contributed by atoms with E-state index in [4.69, 9.17) is 4.74 Å². The molecule has 0 unspecified atom stereocenters. The molecule has 0 N–H and O–H groups in total. The molecule has 0 radical (unpaired) electrons. The van der Waals surface area contributed by atoms with Crippen LogP contribution in [-0.2, 0) is 12.8 Å². The van der Waals surface area contributed by atoms with E-state index in [1.54, 1.807) is 13.0 Å². The molecule has 0 saturated carbocycles. The van der Waals surface area contributed by atoms with E-state index in [-0.39, 0.29) is 5.78 Å². The predicted molar refractivity (Wildman–Crippen MR) is 82.7 cm³/mol. The van der Waals surface area contributed by atoms with Gasteiger partial charge in [-0.3, -0.25) is 4.79 Å². The number of hydrogen-bond acceptors (Lipinski definition) is 2. The number of carbonyl (C=O) groups is 1. The summed E-state index contributed by atoms with van der Waals surface area (Å²) in [5, 5.41) is 0. The molecule has 0 aliphatic heterocycles. The molecule has 1 aliphatic carbocycles. The van der Waals surface area contributed by atoms with Crippen LogP contribution >= 0.6 is 15.9 Å². The van der Waals surface area contributed by atoms with Gasteiger partial charge in [0.05, 0.1) is 5.56 Å². The van der Waals surface area contributed by atoms with Crippen molar-refractivity contribution in [1.82, 2.24) is 0 Å². The van der Waals surface area contributed by atoms with Gasteiger partial charge < -0.3 is 4.74 Å². The summed E-state index contributed by atoms with van der Waals surface area (Å²) < 4.78 is 6.79. The van der Waals surface area contributed by atoms with Crippen molar-refractivity contribution >= 4 is 21.7 Å². The lowest BCUT2D eigenvalue weighted by Crippen LogP contribution is -1.97. The van der Waals surface area contributed by atoms with Crippen LogP contribution in [0.4, 0.5) is 0 Å². The quantitative estimate of drug-likeness (QED) is 0.745. The largest absolute Gasteiger partial charge is 0.457 e. The fourth-order valence-electron chi connectivity index (χ4n) is 2.60. The van der Waals surface area contributed by atoms with Crippen molar-refractivity contribution in [3.05, 3.63) is 57.6 Å². The van der Waals surface area contributed by atoms with E-state index in [0.717, 1.165) is 23.1 Å². The van der Waals surface area contributed by atoms with Crippen LogP contribution in [0, 0.1) is 0 Å². The van der Waals surface area contributed by atoms with E-state index < -0.39 is 0 Å². The molecule has 2 aromatic rings. The zero-order valence-corrected chi connectivity index (χ0v) is 12.9. The van der Waals surface area contributed by atoms with Crippen LogP contribution < -0.4 is 4.74 Å². The number of rotatable bonds is 3. The zero-order chi connectivity index (χ0) is 14.1. The molecule has 0 fully saturated rings. The monoisotopic (exact) mass is 330 g/mol. The van der Waals surface area contributed by atoms with Crippen LogP contribution in [-0.4, -0.2) is 5.78 Å². The molecule has 1 aliphatic rings. The number of aryl methyl sites for hydroxylation is 2. The highest BCUT2D eigenvalue weighted by molar-refractivity contribution is 9.10. The molecule has 2 aromatic carbocycles. The smallest absolute Gasteiger partial charge is 0.163 e. The first-order valence-electron chi connectivity index (χ1n) is 6.73. The fourth-order valence-corrected chi connectivity index (χ4v) is 2.97. The van der Waals surface area contributed by atoms with Crippen molar-refractivity contribution in [1.29, 1.82) is 0 Å². The zero-order valence-electron chi connectivity index (χ0n) is 11.3. The van der Waals surface area contributed by atoms with E-state index in [2.05, 4.69) is 28.1 Å². The molecule has 0 spiro atoms. The highest BCUT2D eigenvalue weighted by atomic mass is 79.9. The van der Waals surface area contributed by atoms with Crippen molar-refractivity contribution in [2.24, 2.45) is 0 Å². The minimum atomic E-state index is 0.00228. The van der Waals surface area contributed by atoms with Crippen LogP contribution in [0.5, 0.6) is 11.5 Å². The Morgan fingerprint density at radius 1 is 1.10 bits per heavy atom. The molecule has 0 atom stereocenters. The second-order valence-corrected chi connectivity index (χ2v) is 6.00. The van der Waals surface area contributed by atoms with Gasteiger partial charge in [-0.05, 0) is 67.6 Å². The molecule has 0 bridgehead atoms. The Hall–Kier alpha value is -1.61. The average molecular weight is 331 g/mol. The highest BCUT2D eigenvalue weighted by Crippen LogP contribution is 2.31. The van der Waals surface area contributed by atoms with E-state index in [9.17, 15) is 4.79 Å². The molecule has 0 amide bonds. The Balaban J connectivity index is 1.93. The molecule has 3 heteroatoms. The minimum absolute atomic E-state index is 0.00228. The van der Waals surface area contributed by atoms with Gasteiger partial charge in [0, 0.05) is 4.47 Å². The lowest BCUT2D eigenvalue weighted by atomic mass is 10.1. The number of hydrogen-bond donors (Lipinski definition) is 0. The third-order valence-corrected chi connectivity index (χ3v) is 4.11. The summed E-state index contributed by atoms with van der Waals surface area (Å²) in [7, 11) is 0. The Labute approximate surface area is 126 Å². The van der Waals surface area contributed by atoms with Crippen molar-refractivity contribution in [2.45, 2.75) is 26.2 Å². The first kappa shape index (κ1) is 13.4. The van der Waals surface area contributed by atoms with Crippen LogP contribution in [0.25, 0.3) is 0 Å². The molecule has 0 saturated heterocycles. The first-order valence-corrected chi connectivity index (χ1v) is 7.53. The Morgan fingerprint density at radius 2 is 1.90 bits per heavy atom. The number of Topliss-reactive ketones (excluding diaryl/α,β-unsaturated/α-hetero) is 1. The van der Waals surface area contributed by atoms with Crippen LogP contribution in [0.3, 0.4) is 0 Å². The molecule has 2 nitrogen and oxygen atoms in total. The molecule has 20 heavy (non-hydrogen) atoms. The Morgan fingerprint density at radius 3 is 2.70 bits per heavy atom.